The molecule has 0 saturated carbocycles. The number of carboxylic acid groups (broad SMARTS) is 1. The average molecular weight is 296 g/mol. The molecule has 1 amide bonds. The number of amides is 1. The maximum atomic E-state index is 12.0. The minimum absolute atomic E-state index is 0.156. The van der Waals surface area contributed by atoms with E-state index in [1.165, 1.54) is 16.7 Å². The summed E-state index contributed by atoms with van der Waals surface area (Å²) in [6, 6.07) is 0. The fourth-order valence-corrected chi connectivity index (χ4v) is 3.37. The normalized spacial score (nSPS) is 22.0. The Morgan fingerprint density at radius 2 is 2.35 bits per heavy atom. The summed E-state index contributed by atoms with van der Waals surface area (Å²) >= 11 is 11.9. The van der Waals surface area contributed by atoms with Crippen LogP contribution in [0.5, 0.6) is 0 Å². The van der Waals surface area contributed by atoms with E-state index in [9.17, 15) is 9.59 Å². The Morgan fingerprint density at radius 3 is 2.88 bits per heavy atom. The number of carbonyl (C=O) groups excluding carboxylic acids is 1. The van der Waals surface area contributed by atoms with Crippen molar-refractivity contribution in [3.05, 3.63) is 0 Å². The predicted molar refractivity (Wildman–Crippen MR) is 72.4 cm³/mol. The molecule has 0 spiro atoms. The zero-order chi connectivity index (χ0) is 13.0. The van der Waals surface area contributed by atoms with E-state index in [1.54, 1.807) is 0 Å². The van der Waals surface area contributed by atoms with E-state index in [1.807, 2.05) is 6.92 Å². The van der Waals surface area contributed by atoms with Crippen LogP contribution in [-0.4, -0.2) is 43.9 Å². The third-order valence-electron chi connectivity index (χ3n) is 2.56. The van der Waals surface area contributed by atoms with Crippen molar-refractivity contribution in [2.75, 3.05) is 12.4 Å². The Bertz CT molecular complexity index is 338. The van der Waals surface area contributed by atoms with Crippen molar-refractivity contribution in [3.8, 4) is 0 Å². The molecule has 1 aliphatic heterocycles. The molecule has 0 aromatic heterocycles. The third-order valence-corrected chi connectivity index (χ3v) is 4.68. The second kappa shape index (κ2) is 6.56. The van der Waals surface area contributed by atoms with Gasteiger partial charge in [0, 0.05) is 5.88 Å². The first kappa shape index (κ1) is 14.7. The number of thiocarbonyl (C=S) groups is 1. The number of alkyl halides is 1. The summed E-state index contributed by atoms with van der Waals surface area (Å²) in [5.41, 5.74) is 0. The van der Waals surface area contributed by atoms with Crippen LogP contribution in [0.15, 0.2) is 0 Å². The molecule has 7 heteroatoms. The van der Waals surface area contributed by atoms with Gasteiger partial charge in [-0.05, 0) is 18.8 Å². The molecule has 1 rings (SSSR count). The smallest absolute Gasteiger partial charge is 0.323 e. The molecule has 1 fully saturated rings. The number of aliphatic carboxylic acids is 1. The highest BCUT2D eigenvalue weighted by Gasteiger charge is 2.40. The van der Waals surface area contributed by atoms with Crippen molar-refractivity contribution >= 4 is 51.8 Å². The van der Waals surface area contributed by atoms with Crippen LogP contribution in [0.1, 0.15) is 19.8 Å². The van der Waals surface area contributed by atoms with E-state index in [-0.39, 0.29) is 23.6 Å². The summed E-state index contributed by atoms with van der Waals surface area (Å²) in [5, 5.41) is 8.44. The van der Waals surface area contributed by atoms with Gasteiger partial charge in [0.1, 0.15) is 10.9 Å². The minimum atomic E-state index is -1.05. The summed E-state index contributed by atoms with van der Waals surface area (Å²) in [4.78, 5) is 23.8. The van der Waals surface area contributed by atoms with E-state index < -0.39 is 5.97 Å². The molecule has 1 N–H and O–H groups in total. The molecule has 4 nitrogen and oxygen atoms in total. The maximum Gasteiger partial charge on any atom is 0.323 e. The minimum Gasteiger partial charge on any atom is -0.480 e. The summed E-state index contributed by atoms with van der Waals surface area (Å²) in [7, 11) is 0. The van der Waals surface area contributed by atoms with Gasteiger partial charge in [-0.25, -0.2) is 0 Å². The van der Waals surface area contributed by atoms with Gasteiger partial charge in [-0.2, -0.15) is 0 Å². The number of nitrogens with zero attached hydrogens (tertiary/aromatic N) is 1. The molecule has 2 atom stereocenters. The highest BCUT2D eigenvalue weighted by molar-refractivity contribution is 8.24. The lowest BCUT2D eigenvalue weighted by Crippen LogP contribution is -2.37. The van der Waals surface area contributed by atoms with Gasteiger partial charge in [-0.3, -0.25) is 14.5 Å². The van der Waals surface area contributed by atoms with Crippen molar-refractivity contribution in [2.24, 2.45) is 5.92 Å². The Hall–Kier alpha value is -0.330. The second-order valence-electron chi connectivity index (χ2n) is 3.93. The van der Waals surface area contributed by atoms with Crippen LogP contribution in [0.25, 0.3) is 0 Å². The van der Waals surface area contributed by atoms with Crippen LogP contribution < -0.4 is 0 Å². The molecule has 0 aromatic rings. The van der Waals surface area contributed by atoms with Gasteiger partial charge in [0.25, 0.3) is 0 Å². The lowest BCUT2D eigenvalue weighted by molar-refractivity contribution is -0.141. The number of hydrogen-bond donors (Lipinski definition) is 1. The van der Waals surface area contributed by atoms with Crippen LogP contribution in [0.3, 0.4) is 0 Å². The largest absolute Gasteiger partial charge is 0.480 e. The number of carbonyl (C=O) groups is 2. The Balaban J connectivity index is 2.63. The van der Waals surface area contributed by atoms with E-state index >= 15 is 0 Å². The van der Waals surface area contributed by atoms with E-state index in [2.05, 4.69) is 0 Å². The molecule has 0 aliphatic carbocycles. The molecule has 1 saturated heterocycles. The number of hydrogen-bond acceptors (Lipinski definition) is 4. The lowest BCUT2D eigenvalue weighted by Gasteiger charge is -2.16. The zero-order valence-electron chi connectivity index (χ0n) is 9.39. The fraction of sp³-hybridized carbons (Fsp3) is 0.700. The van der Waals surface area contributed by atoms with Gasteiger partial charge in [-0.15, -0.1) is 11.6 Å². The SMILES string of the molecule is CC(CCCCl)C1SC(=S)N(CC(=O)O)C1=O. The lowest BCUT2D eigenvalue weighted by atomic mass is 10.0. The predicted octanol–water partition coefficient (Wildman–Crippen LogP) is 1.96. The number of thioether (sulfide) groups is 1. The highest BCUT2D eigenvalue weighted by atomic mass is 35.5. The quantitative estimate of drug-likeness (QED) is 0.599. The molecular formula is C10H14ClNO3S2. The molecule has 96 valence electrons. The molecule has 0 radical (unpaired) electrons. The van der Waals surface area contributed by atoms with E-state index in [0.717, 1.165) is 12.8 Å². The van der Waals surface area contributed by atoms with E-state index in [0.29, 0.717) is 10.2 Å². The fourth-order valence-electron chi connectivity index (χ4n) is 1.65. The average Bonchev–Trinajstić information content (AvgIpc) is 2.53. The number of halogens is 1. The van der Waals surface area contributed by atoms with Crippen molar-refractivity contribution < 1.29 is 14.7 Å². The second-order valence-corrected chi connectivity index (χ2v) is 6.08. The molecular weight excluding hydrogens is 282 g/mol. The first-order valence-corrected chi connectivity index (χ1v) is 7.09. The summed E-state index contributed by atoms with van der Waals surface area (Å²) < 4.78 is 0.361. The molecule has 1 heterocycles. The van der Waals surface area contributed by atoms with Gasteiger partial charge in [0.2, 0.25) is 5.91 Å². The maximum absolute atomic E-state index is 12.0. The number of carboxylic acids is 1. The first-order valence-electron chi connectivity index (χ1n) is 5.27. The topological polar surface area (TPSA) is 57.6 Å². The van der Waals surface area contributed by atoms with Gasteiger partial charge in [0.15, 0.2) is 0 Å². The van der Waals surface area contributed by atoms with Crippen LogP contribution in [0, 0.1) is 5.92 Å². The monoisotopic (exact) mass is 295 g/mol. The van der Waals surface area contributed by atoms with Crippen molar-refractivity contribution in [1.82, 2.24) is 4.90 Å². The molecule has 17 heavy (non-hydrogen) atoms. The first-order chi connectivity index (χ1) is 7.97. The van der Waals surface area contributed by atoms with Crippen molar-refractivity contribution in [3.63, 3.8) is 0 Å². The van der Waals surface area contributed by atoms with E-state index in [4.69, 9.17) is 28.9 Å². The zero-order valence-corrected chi connectivity index (χ0v) is 11.8. The molecule has 1 aliphatic rings. The Labute approximate surface area is 115 Å². The summed E-state index contributed by atoms with van der Waals surface area (Å²) in [6.07, 6.45) is 1.69. The van der Waals surface area contributed by atoms with Gasteiger partial charge >= 0.3 is 5.97 Å². The standard InChI is InChI=1S/C10H14ClNO3S2/c1-6(3-2-4-11)8-9(15)12(5-7(13)14)10(16)17-8/h6,8H,2-5H2,1H3,(H,13,14). The van der Waals surface area contributed by atoms with Crippen LogP contribution in [0.2, 0.25) is 0 Å². The van der Waals surface area contributed by atoms with Gasteiger partial charge < -0.3 is 5.11 Å². The number of rotatable bonds is 6. The van der Waals surface area contributed by atoms with Crippen LogP contribution >= 0.6 is 35.6 Å². The van der Waals surface area contributed by atoms with Gasteiger partial charge in [-0.1, -0.05) is 30.9 Å². The Morgan fingerprint density at radius 1 is 1.71 bits per heavy atom. The molecule has 0 bridgehead atoms. The van der Waals surface area contributed by atoms with Crippen LogP contribution in [-0.2, 0) is 9.59 Å². The highest BCUT2D eigenvalue weighted by Crippen LogP contribution is 2.34. The van der Waals surface area contributed by atoms with Crippen LogP contribution in [0.4, 0.5) is 0 Å². The molecule has 0 aromatic carbocycles. The Kier molecular flexibility index (Phi) is 5.69. The van der Waals surface area contributed by atoms with Gasteiger partial charge in [0.05, 0.1) is 5.25 Å². The molecule has 2 unspecified atom stereocenters. The third kappa shape index (κ3) is 3.82. The summed E-state index contributed by atoms with van der Waals surface area (Å²) in [5.74, 6) is -0.512. The summed E-state index contributed by atoms with van der Waals surface area (Å²) in [6.45, 7) is 1.62. The van der Waals surface area contributed by atoms with Crippen molar-refractivity contribution in [1.29, 1.82) is 0 Å². The van der Waals surface area contributed by atoms with Crippen molar-refractivity contribution in [2.45, 2.75) is 25.0 Å².